The van der Waals surface area contributed by atoms with Crippen LogP contribution in [-0.4, -0.2) is 42.9 Å². The third-order valence-corrected chi connectivity index (χ3v) is 5.55. The third-order valence-electron chi connectivity index (χ3n) is 3.72. The number of carbonyl (C=O) groups is 2. The highest BCUT2D eigenvalue weighted by Gasteiger charge is 2.30. The van der Waals surface area contributed by atoms with E-state index in [1.165, 1.54) is 0 Å². The highest BCUT2D eigenvalue weighted by molar-refractivity contribution is 7.91. The largest absolute Gasteiger partial charge is 0.480 e. The average Bonchev–Trinajstić information content (AvgIpc) is 2.78. The molecular weight excluding hydrogens is 306 g/mol. The van der Waals surface area contributed by atoms with Crippen LogP contribution in [0.1, 0.15) is 18.4 Å². The first-order valence-electron chi connectivity index (χ1n) is 7.12. The van der Waals surface area contributed by atoms with Crippen LogP contribution in [0.15, 0.2) is 30.3 Å². The van der Waals surface area contributed by atoms with E-state index in [1.54, 1.807) is 24.3 Å². The second-order valence-electron chi connectivity index (χ2n) is 5.62. The number of hydrogen-bond donors (Lipinski definition) is 2. The molecule has 0 bridgehead atoms. The molecule has 1 saturated heterocycles. The molecule has 6 nitrogen and oxygen atoms in total. The van der Waals surface area contributed by atoms with E-state index in [4.69, 9.17) is 0 Å². The standard InChI is InChI=1S/C15H19NO5S/c17-14(9-12-6-7-22(20,21)10-12)16-13(15(18)19)8-11-4-2-1-3-5-11/h1-5,12-13H,6-10H2,(H,16,17)(H,18,19)/t12?,13-/m0/s1. The van der Waals surface area contributed by atoms with E-state index < -0.39 is 27.8 Å². The van der Waals surface area contributed by atoms with Crippen molar-refractivity contribution in [3.63, 3.8) is 0 Å². The van der Waals surface area contributed by atoms with Crippen LogP contribution in [0.5, 0.6) is 0 Å². The van der Waals surface area contributed by atoms with Gasteiger partial charge in [0, 0.05) is 12.8 Å². The van der Waals surface area contributed by atoms with Crippen molar-refractivity contribution in [2.75, 3.05) is 11.5 Å². The number of aliphatic carboxylic acids is 1. The Morgan fingerprint density at radius 3 is 2.50 bits per heavy atom. The molecule has 22 heavy (non-hydrogen) atoms. The van der Waals surface area contributed by atoms with Gasteiger partial charge in [-0.3, -0.25) is 4.79 Å². The van der Waals surface area contributed by atoms with E-state index in [0.717, 1.165) is 5.56 Å². The molecule has 0 saturated carbocycles. The van der Waals surface area contributed by atoms with Gasteiger partial charge in [-0.1, -0.05) is 30.3 Å². The normalized spacial score (nSPS) is 21.2. The Morgan fingerprint density at radius 2 is 1.95 bits per heavy atom. The SMILES string of the molecule is O=C(CC1CCS(=O)(=O)C1)N[C@@H](Cc1ccccc1)C(=O)O. The molecule has 7 heteroatoms. The summed E-state index contributed by atoms with van der Waals surface area (Å²) in [6.45, 7) is 0. The molecule has 1 fully saturated rings. The molecule has 1 aliphatic rings. The number of hydrogen-bond acceptors (Lipinski definition) is 4. The number of carboxylic acids is 1. The Labute approximate surface area is 129 Å². The first-order valence-corrected chi connectivity index (χ1v) is 8.94. The molecule has 0 spiro atoms. The van der Waals surface area contributed by atoms with Crippen molar-refractivity contribution in [1.82, 2.24) is 5.32 Å². The Hall–Kier alpha value is -1.89. The van der Waals surface area contributed by atoms with Gasteiger partial charge in [0.05, 0.1) is 11.5 Å². The fraction of sp³-hybridized carbons (Fsp3) is 0.467. The first kappa shape index (κ1) is 16.5. The van der Waals surface area contributed by atoms with Gasteiger partial charge < -0.3 is 10.4 Å². The molecule has 2 rings (SSSR count). The van der Waals surface area contributed by atoms with E-state index in [0.29, 0.717) is 6.42 Å². The van der Waals surface area contributed by atoms with Gasteiger partial charge in [0.15, 0.2) is 9.84 Å². The maximum absolute atomic E-state index is 11.9. The van der Waals surface area contributed by atoms with Crippen LogP contribution in [0.4, 0.5) is 0 Å². The number of rotatable bonds is 6. The number of benzene rings is 1. The van der Waals surface area contributed by atoms with Crippen molar-refractivity contribution in [1.29, 1.82) is 0 Å². The van der Waals surface area contributed by atoms with Crippen molar-refractivity contribution in [2.24, 2.45) is 5.92 Å². The number of carboxylic acid groups (broad SMARTS) is 1. The minimum absolute atomic E-state index is 0.0108. The molecule has 120 valence electrons. The van der Waals surface area contributed by atoms with E-state index >= 15 is 0 Å². The minimum Gasteiger partial charge on any atom is -0.480 e. The van der Waals surface area contributed by atoms with Crippen LogP contribution in [-0.2, 0) is 25.8 Å². The number of nitrogens with one attached hydrogen (secondary N) is 1. The summed E-state index contributed by atoms with van der Waals surface area (Å²) < 4.78 is 22.7. The van der Waals surface area contributed by atoms with Gasteiger partial charge in [0.1, 0.15) is 6.04 Å². The van der Waals surface area contributed by atoms with Gasteiger partial charge in [-0.2, -0.15) is 0 Å². The van der Waals surface area contributed by atoms with Crippen LogP contribution < -0.4 is 5.32 Å². The molecule has 0 radical (unpaired) electrons. The summed E-state index contributed by atoms with van der Waals surface area (Å²) in [6.07, 6.45) is 0.717. The summed E-state index contributed by atoms with van der Waals surface area (Å²) in [5.41, 5.74) is 0.818. The molecule has 1 aromatic carbocycles. The van der Waals surface area contributed by atoms with Gasteiger partial charge in [0.2, 0.25) is 5.91 Å². The minimum atomic E-state index is -3.03. The van der Waals surface area contributed by atoms with Gasteiger partial charge >= 0.3 is 5.97 Å². The quantitative estimate of drug-likeness (QED) is 0.799. The van der Waals surface area contributed by atoms with Gasteiger partial charge in [-0.05, 0) is 17.9 Å². The van der Waals surface area contributed by atoms with E-state index in [2.05, 4.69) is 5.32 Å². The van der Waals surface area contributed by atoms with Crippen LogP contribution in [0, 0.1) is 5.92 Å². The van der Waals surface area contributed by atoms with Crippen LogP contribution in [0.2, 0.25) is 0 Å². The molecule has 0 aliphatic carbocycles. The highest BCUT2D eigenvalue weighted by atomic mass is 32.2. The number of amides is 1. The van der Waals surface area contributed by atoms with E-state index in [9.17, 15) is 23.1 Å². The molecule has 1 unspecified atom stereocenters. The zero-order valence-corrected chi connectivity index (χ0v) is 12.9. The number of sulfone groups is 1. The van der Waals surface area contributed by atoms with Crippen LogP contribution in [0.25, 0.3) is 0 Å². The molecule has 1 amide bonds. The zero-order valence-electron chi connectivity index (χ0n) is 12.1. The highest BCUT2D eigenvalue weighted by Crippen LogP contribution is 2.21. The van der Waals surface area contributed by atoms with Gasteiger partial charge in [-0.25, -0.2) is 13.2 Å². The lowest BCUT2D eigenvalue weighted by atomic mass is 10.0. The summed E-state index contributed by atoms with van der Waals surface area (Å²) in [7, 11) is -3.03. The smallest absolute Gasteiger partial charge is 0.326 e. The lowest BCUT2D eigenvalue weighted by Crippen LogP contribution is -2.42. The zero-order chi connectivity index (χ0) is 16.2. The summed E-state index contributed by atoms with van der Waals surface area (Å²) >= 11 is 0. The fourth-order valence-corrected chi connectivity index (χ4v) is 4.46. The molecule has 2 N–H and O–H groups in total. The second kappa shape index (κ2) is 6.91. The molecular formula is C15H19NO5S. The molecule has 2 atom stereocenters. The maximum atomic E-state index is 11.9. The average molecular weight is 325 g/mol. The Kier molecular flexibility index (Phi) is 5.18. The predicted octanol–water partition coefficient (Wildman–Crippen LogP) is 0.623. The van der Waals surface area contributed by atoms with E-state index in [-0.39, 0.29) is 30.3 Å². The first-order chi connectivity index (χ1) is 10.4. The van der Waals surface area contributed by atoms with Crippen molar-refractivity contribution in [3.8, 4) is 0 Å². The van der Waals surface area contributed by atoms with Crippen molar-refractivity contribution in [2.45, 2.75) is 25.3 Å². The topological polar surface area (TPSA) is 101 Å². The van der Waals surface area contributed by atoms with Crippen LogP contribution in [0.3, 0.4) is 0 Å². The molecule has 1 aromatic rings. The monoisotopic (exact) mass is 325 g/mol. The second-order valence-corrected chi connectivity index (χ2v) is 7.85. The summed E-state index contributed by atoms with van der Waals surface area (Å²) in [6, 6.07) is 8.03. The van der Waals surface area contributed by atoms with Gasteiger partial charge in [-0.15, -0.1) is 0 Å². The maximum Gasteiger partial charge on any atom is 0.326 e. The summed E-state index contributed by atoms with van der Waals surface area (Å²) in [4.78, 5) is 23.2. The van der Waals surface area contributed by atoms with Crippen molar-refractivity contribution < 1.29 is 23.1 Å². The van der Waals surface area contributed by atoms with Crippen LogP contribution >= 0.6 is 0 Å². The Balaban J connectivity index is 1.91. The third kappa shape index (κ3) is 4.84. The van der Waals surface area contributed by atoms with Crippen molar-refractivity contribution >= 4 is 21.7 Å². The predicted molar refractivity (Wildman–Crippen MR) is 81.1 cm³/mol. The van der Waals surface area contributed by atoms with Gasteiger partial charge in [0.25, 0.3) is 0 Å². The molecule has 1 heterocycles. The Morgan fingerprint density at radius 1 is 1.27 bits per heavy atom. The Bertz CT molecular complexity index is 641. The van der Waals surface area contributed by atoms with Crippen molar-refractivity contribution in [3.05, 3.63) is 35.9 Å². The molecule has 0 aromatic heterocycles. The fourth-order valence-electron chi connectivity index (χ4n) is 2.60. The lowest BCUT2D eigenvalue weighted by molar-refractivity contribution is -0.141. The number of carbonyl (C=O) groups excluding carboxylic acids is 1. The molecule has 1 aliphatic heterocycles. The summed E-state index contributed by atoms with van der Waals surface area (Å²) in [5.74, 6) is -1.61. The van der Waals surface area contributed by atoms with E-state index in [1.807, 2.05) is 6.07 Å². The lowest BCUT2D eigenvalue weighted by Gasteiger charge is -2.16. The summed E-state index contributed by atoms with van der Waals surface area (Å²) in [5, 5.41) is 11.7.